The average molecular weight is 229 g/mol. The Hall–Kier alpha value is -2.43. The molecular formula is C12H11N3O2. The van der Waals surface area contributed by atoms with Crippen molar-refractivity contribution in [3.8, 4) is 0 Å². The van der Waals surface area contributed by atoms with Crippen molar-refractivity contribution in [2.75, 3.05) is 5.32 Å². The van der Waals surface area contributed by atoms with Gasteiger partial charge < -0.3 is 10.4 Å². The number of aromatic nitrogens is 2. The fourth-order valence-electron chi connectivity index (χ4n) is 1.39. The van der Waals surface area contributed by atoms with Gasteiger partial charge in [0.15, 0.2) is 5.69 Å². The molecule has 0 radical (unpaired) electrons. The lowest BCUT2D eigenvalue weighted by Crippen LogP contribution is -2.02. The zero-order valence-corrected chi connectivity index (χ0v) is 9.21. The first-order valence-corrected chi connectivity index (χ1v) is 5.04. The molecule has 0 unspecified atom stereocenters. The van der Waals surface area contributed by atoms with E-state index in [9.17, 15) is 4.79 Å². The average Bonchev–Trinajstić information content (AvgIpc) is 2.29. The number of carboxylic acids is 1. The summed E-state index contributed by atoms with van der Waals surface area (Å²) in [6, 6.07) is 6.70. The van der Waals surface area contributed by atoms with Crippen LogP contribution in [0, 0.1) is 6.92 Å². The van der Waals surface area contributed by atoms with E-state index in [0.29, 0.717) is 5.82 Å². The maximum Gasteiger partial charge on any atom is 0.354 e. The van der Waals surface area contributed by atoms with Gasteiger partial charge in [0.2, 0.25) is 0 Å². The first-order chi connectivity index (χ1) is 8.15. The number of pyridine rings is 2. The Bertz CT molecular complexity index is 555. The van der Waals surface area contributed by atoms with Gasteiger partial charge in [0.05, 0.1) is 11.9 Å². The molecular weight excluding hydrogens is 218 g/mol. The molecule has 0 bridgehead atoms. The second-order valence-corrected chi connectivity index (χ2v) is 3.59. The van der Waals surface area contributed by atoms with Crippen LogP contribution in [0.2, 0.25) is 0 Å². The monoisotopic (exact) mass is 229 g/mol. The van der Waals surface area contributed by atoms with Crippen LogP contribution in [0.3, 0.4) is 0 Å². The van der Waals surface area contributed by atoms with Crippen LogP contribution in [0.5, 0.6) is 0 Å². The molecule has 0 spiro atoms. The summed E-state index contributed by atoms with van der Waals surface area (Å²) in [6.45, 7) is 1.93. The molecule has 2 aromatic heterocycles. The summed E-state index contributed by atoms with van der Waals surface area (Å²) < 4.78 is 0. The maximum absolute atomic E-state index is 10.8. The Balaban J connectivity index is 2.24. The predicted molar refractivity (Wildman–Crippen MR) is 63.5 cm³/mol. The number of hydrogen-bond donors (Lipinski definition) is 2. The van der Waals surface area contributed by atoms with Crippen LogP contribution >= 0.6 is 0 Å². The van der Waals surface area contributed by atoms with Gasteiger partial charge in [-0.2, -0.15) is 0 Å². The summed E-state index contributed by atoms with van der Waals surface area (Å²) in [5.74, 6) is -0.562. The number of aryl methyl sites for hydroxylation is 1. The van der Waals surface area contributed by atoms with Gasteiger partial charge in [-0.1, -0.05) is 6.07 Å². The van der Waals surface area contributed by atoms with Gasteiger partial charge in [-0.25, -0.2) is 9.78 Å². The summed E-state index contributed by atoms with van der Waals surface area (Å²) in [5, 5.41) is 11.8. The Morgan fingerprint density at radius 3 is 2.88 bits per heavy atom. The van der Waals surface area contributed by atoms with E-state index >= 15 is 0 Å². The minimum absolute atomic E-state index is 0.00983. The molecule has 0 aliphatic carbocycles. The molecule has 86 valence electrons. The third-order valence-electron chi connectivity index (χ3n) is 2.12. The standard InChI is InChI=1S/C12H11N3O2/c1-8-5-9(7-13-6-8)14-11-4-2-3-10(15-11)12(16)17/h2-7H,1H3,(H,14,15)(H,16,17). The molecule has 2 heterocycles. The van der Waals surface area contributed by atoms with Crippen LogP contribution in [0.4, 0.5) is 11.5 Å². The van der Waals surface area contributed by atoms with Crippen molar-refractivity contribution in [1.82, 2.24) is 9.97 Å². The highest BCUT2D eigenvalue weighted by atomic mass is 16.4. The van der Waals surface area contributed by atoms with Gasteiger partial charge in [0.1, 0.15) is 5.82 Å². The predicted octanol–water partition coefficient (Wildman–Crippen LogP) is 2.23. The van der Waals surface area contributed by atoms with Crippen LogP contribution < -0.4 is 5.32 Å². The molecule has 0 atom stereocenters. The normalized spacial score (nSPS) is 9.94. The molecule has 0 saturated heterocycles. The second-order valence-electron chi connectivity index (χ2n) is 3.59. The highest BCUT2D eigenvalue weighted by molar-refractivity contribution is 5.85. The lowest BCUT2D eigenvalue weighted by Gasteiger charge is -2.06. The molecule has 0 saturated carbocycles. The molecule has 0 fully saturated rings. The molecule has 2 rings (SSSR count). The Kier molecular flexibility index (Phi) is 3.00. The molecule has 0 aromatic carbocycles. The van der Waals surface area contributed by atoms with Gasteiger partial charge in [-0.05, 0) is 30.7 Å². The van der Waals surface area contributed by atoms with Crippen LogP contribution in [0.25, 0.3) is 0 Å². The van der Waals surface area contributed by atoms with Gasteiger partial charge in [-0.3, -0.25) is 4.98 Å². The fourth-order valence-corrected chi connectivity index (χ4v) is 1.39. The number of rotatable bonds is 3. The molecule has 2 aromatic rings. The summed E-state index contributed by atoms with van der Waals surface area (Å²) in [5.41, 5.74) is 1.81. The van der Waals surface area contributed by atoms with Crippen LogP contribution in [0.15, 0.2) is 36.7 Å². The first-order valence-electron chi connectivity index (χ1n) is 5.04. The second kappa shape index (κ2) is 4.61. The van der Waals surface area contributed by atoms with Gasteiger partial charge in [0, 0.05) is 6.20 Å². The van der Waals surface area contributed by atoms with Gasteiger partial charge >= 0.3 is 5.97 Å². The lowest BCUT2D eigenvalue weighted by atomic mass is 10.3. The van der Waals surface area contributed by atoms with Crippen LogP contribution in [0.1, 0.15) is 16.1 Å². The zero-order valence-electron chi connectivity index (χ0n) is 9.21. The van der Waals surface area contributed by atoms with Gasteiger partial charge in [-0.15, -0.1) is 0 Å². The van der Waals surface area contributed by atoms with Crippen LogP contribution in [-0.2, 0) is 0 Å². The summed E-state index contributed by atoms with van der Waals surface area (Å²) in [6.07, 6.45) is 3.40. The van der Waals surface area contributed by atoms with Crippen molar-refractivity contribution in [3.05, 3.63) is 47.9 Å². The van der Waals surface area contributed by atoms with E-state index in [4.69, 9.17) is 5.11 Å². The number of nitrogens with zero attached hydrogens (tertiary/aromatic N) is 2. The molecule has 5 heteroatoms. The van der Waals surface area contributed by atoms with E-state index in [-0.39, 0.29) is 5.69 Å². The zero-order chi connectivity index (χ0) is 12.3. The SMILES string of the molecule is Cc1cncc(Nc2cccc(C(=O)O)n2)c1. The van der Waals surface area contributed by atoms with Crippen molar-refractivity contribution in [2.45, 2.75) is 6.92 Å². The molecule has 17 heavy (non-hydrogen) atoms. The van der Waals surface area contributed by atoms with Crippen LogP contribution in [-0.4, -0.2) is 21.0 Å². The van der Waals surface area contributed by atoms with Crippen molar-refractivity contribution in [3.63, 3.8) is 0 Å². The van der Waals surface area contributed by atoms with E-state index in [0.717, 1.165) is 11.3 Å². The fraction of sp³-hybridized carbons (Fsp3) is 0.0833. The van der Waals surface area contributed by atoms with E-state index in [1.54, 1.807) is 24.5 Å². The number of nitrogens with one attached hydrogen (secondary N) is 1. The maximum atomic E-state index is 10.8. The minimum atomic E-state index is -1.05. The highest BCUT2D eigenvalue weighted by Crippen LogP contribution is 2.14. The molecule has 0 aliphatic rings. The van der Waals surface area contributed by atoms with E-state index in [1.807, 2.05) is 13.0 Å². The number of aromatic carboxylic acids is 1. The van der Waals surface area contributed by atoms with Gasteiger partial charge in [0.25, 0.3) is 0 Å². The third-order valence-corrected chi connectivity index (χ3v) is 2.12. The highest BCUT2D eigenvalue weighted by Gasteiger charge is 2.05. The lowest BCUT2D eigenvalue weighted by molar-refractivity contribution is 0.0690. The van der Waals surface area contributed by atoms with Crippen molar-refractivity contribution >= 4 is 17.5 Å². The summed E-state index contributed by atoms with van der Waals surface area (Å²) in [7, 11) is 0. The van der Waals surface area contributed by atoms with Crippen molar-refractivity contribution in [2.24, 2.45) is 0 Å². The number of carboxylic acid groups (broad SMARTS) is 1. The van der Waals surface area contributed by atoms with Crippen molar-refractivity contribution in [1.29, 1.82) is 0 Å². The van der Waals surface area contributed by atoms with E-state index in [2.05, 4.69) is 15.3 Å². The smallest absolute Gasteiger partial charge is 0.354 e. The first kappa shape index (κ1) is 11.1. The van der Waals surface area contributed by atoms with Crippen molar-refractivity contribution < 1.29 is 9.90 Å². The third kappa shape index (κ3) is 2.78. The Labute approximate surface area is 98.2 Å². The molecule has 0 aliphatic heterocycles. The van der Waals surface area contributed by atoms with E-state index in [1.165, 1.54) is 6.07 Å². The quantitative estimate of drug-likeness (QED) is 0.844. The number of anilines is 2. The number of hydrogen-bond acceptors (Lipinski definition) is 4. The minimum Gasteiger partial charge on any atom is -0.477 e. The number of carbonyl (C=O) groups is 1. The Morgan fingerprint density at radius 1 is 1.35 bits per heavy atom. The topological polar surface area (TPSA) is 75.1 Å². The molecule has 5 nitrogen and oxygen atoms in total. The molecule has 0 amide bonds. The summed E-state index contributed by atoms with van der Waals surface area (Å²) >= 11 is 0. The molecule has 2 N–H and O–H groups in total. The summed E-state index contributed by atoms with van der Waals surface area (Å²) in [4.78, 5) is 18.7. The largest absolute Gasteiger partial charge is 0.477 e. The Morgan fingerprint density at radius 2 is 2.18 bits per heavy atom. The van der Waals surface area contributed by atoms with E-state index < -0.39 is 5.97 Å².